The van der Waals surface area contributed by atoms with Gasteiger partial charge in [-0.05, 0) is 6.92 Å². The van der Waals surface area contributed by atoms with Gasteiger partial charge in [0, 0.05) is 19.0 Å². The normalized spacial score (nSPS) is 11.5. The number of aromatic nitrogens is 2. The van der Waals surface area contributed by atoms with Crippen LogP contribution in [0.4, 0.5) is 5.13 Å². The van der Waals surface area contributed by atoms with Crippen molar-refractivity contribution >= 4 is 16.5 Å². The summed E-state index contributed by atoms with van der Waals surface area (Å²) >= 11 is 1.65. The van der Waals surface area contributed by atoms with Crippen molar-refractivity contribution in [2.24, 2.45) is 0 Å². The van der Waals surface area contributed by atoms with Crippen LogP contribution in [0.1, 0.15) is 32.7 Å². The number of rotatable bonds is 3. The van der Waals surface area contributed by atoms with E-state index in [4.69, 9.17) is 0 Å². The Bertz CT molecular complexity index is 349. The van der Waals surface area contributed by atoms with Gasteiger partial charge in [0.15, 0.2) is 0 Å². The second kappa shape index (κ2) is 4.31. The average molecular weight is 225 g/mol. The van der Waals surface area contributed by atoms with E-state index >= 15 is 0 Å². The molecule has 0 aliphatic heterocycles. The molecule has 1 aromatic rings. The smallest absolute Gasteiger partial charge is 0.208 e. The first-order valence-electron chi connectivity index (χ1n) is 5.00. The maximum Gasteiger partial charge on any atom is 0.208 e. The lowest BCUT2D eigenvalue weighted by Gasteiger charge is -2.15. The molecule has 0 aliphatic rings. The molecule has 1 rings (SSSR count). The van der Waals surface area contributed by atoms with E-state index in [-0.39, 0.29) is 5.41 Å². The van der Waals surface area contributed by atoms with Gasteiger partial charge in [0.2, 0.25) is 5.13 Å². The third-order valence-corrected chi connectivity index (χ3v) is 3.35. The Hall–Kier alpha value is -0.900. The van der Waals surface area contributed by atoms with Crippen LogP contribution in [0.15, 0.2) is 12.2 Å². The first-order valence-corrected chi connectivity index (χ1v) is 5.82. The van der Waals surface area contributed by atoms with Crippen LogP contribution in [-0.4, -0.2) is 23.8 Å². The molecule has 0 fully saturated rings. The molecule has 1 aromatic heterocycles. The molecule has 0 amide bonds. The summed E-state index contributed by atoms with van der Waals surface area (Å²) in [6.07, 6.45) is 0. The van der Waals surface area contributed by atoms with Gasteiger partial charge in [0.25, 0.3) is 0 Å². The van der Waals surface area contributed by atoms with E-state index in [1.807, 2.05) is 14.0 Å². The van der Waals surface area contributed by atoms with Crippen LogP contribution in [0.5, 0.6) is 0 Å². The Labute approximate surface area is 95.8 Å². The monoisotopic (exact) mass is 225 g/mol. The van der Waals surface area contributed by atoms with E-state index in [1.165, 1.54) is 0 Å². The number of hydrogen-bond acceptors (Lipinski definition) is 4. The van der Waals surface area contributed by atoms with Gasteiger partial charge in [-0.3, -0.25) is 0 Å². The Morgan fingerprint density at radius 1 is 1.40 bits per heavy atom. The van der Waals surface area contributed by atoms with E-state index in [1.54, 1.807) is 11.3 Å². The second-order valence-electron chi connectivity index (χ2n) is 4.95. The maximum absolute atomic E-state index is 4.21. The molecule has 0 saturated carbocycles. The van der Waals surface area contributed by atoms with E-state index in [2.05, 4.69) is 42.4 Å². The molecule has 4 heteroatoms. The van der Waals surface area contributed by atoms with Crippen molar-refractivity contribution in [2.45, 2.75) is 33.1 Å². The number of anilines is 1. The summed E-state index contributed by atoms with van der Waals surface area (Å²) in [5, 5.41) is 10.4. The fourth-order valence-electron chi connectivity index (χ4n) is 1.15. The first kappa shape index (κ1) is 12.2. The summed E-state index contributed by atoms with van der Waals surface area (Å²) in [5.74, 6) is 0. The lowest BCUT2D eigenvalue weighted by atomic mass is 9.98. The highest BCUT2D eigenvalue weighted by Gasteiger charge is 2.20. The summed E-state index contributed by atoms with van der Waals surface area (Å²) in [4.78, 5) is 2.08. The van der Waals surface area contributed by atoms with Crippen molar-refractivity contribution in [1.29, 1.82) is 0 Å². The lowest BCUT2D eigenvalue weighted by Crippen LogP contribution is -2.18. The first-order chi connectivity index (χ1) is 6.80. The molecule has 0 radical (unpaired) electrons. The van der Waals surface area contributed by atoms with Gasteiger partial charge in [-0.2, -0.15) is 0 Å². The van der Waals surface area contributed by atoms with Crippen molar-refractivity contribution in [2.75, 3.05) is 18.5 Å². The summed E-state index contributed by atoms with van der Waals surface area (Å²) in [6, 6.07) is 0. The summed E-state index contributed by atoms with van der Waals surface area (Å²) in [5.41, 5.74) is 1.21. The molecule has 0 atom stereocenters. The van der Waals surface area contributed by atoms with Crippen molar-refractivity contribution in [3.63, 3.8) is 0 Å². The lowest BCUT2D eigenvalue weighted by molar-refractivity contribution is 0.578. The van der Waals surface area contributed by atoms with E-state index in [9.17, 15) is 0 Å². The molecule has 1 heterocycles. The minimum atomic E-state index is 0.0833. The molecule has 15 heavy (non-hydrogen) atoms. The predicted molar refractivity (Wildman–Crippen MR) is 66.7 cm³/mol. The largest absolute Gasteiger partial charge is 0.346 e. The molecule has 0 unspecified atom stereocenters. The van der Waals surface area contributed by atoms with Crippen LogP contribution in [0.3, 0.4) is 0 Å². The zero-order valence-corrected chi connectivity index (χ0v) is 11.0. The molecule has 0 N–H and O–H groups in total. The molecule has 0 bridgehead atoms. The third-order valence-electron chi connectivity index (χ3n) is 1.89. The van der Waals surface area contributed by atoms with Gasteiger partial charge >= 0.3 is 0 Å². The summed E-state index contributed by atoms with van der Waals surface area (Å²) in [6.45, 7) is 13.2. The van der Waals surface area contributed by atoms with Gasteiger partial charge in [0.05, 0.1) is 0 Å². The number of likely N-dealkylation sites (N-methyl/N-ethyl adjacent to an activating group) is 1. The van der Waals surface area contributed by atoms with Crippen LogP contribution in [0, 0.1) is 0 Å². The molecule has 0 aliphatic carbocycles. The van der Waals surface area contributed by atoms with Crippen LogP contribution in [-0.2, 0) is 5.41 Å². The molecular formula is C11H19N3S. The minimum absolute atomic E-state index is 0.0833. The van der Waals surface area contributed by atoms with E-state index in [0.29, 0.717) is 0 Å². The topological polar surface area (TPSA) is 29.0 Å². The van der Waals surface area contributed by atoms with Gasteiger partial charge in [-0.1, -0.05) is 44.3 Å². The van der Waals surface area contributed by atoms with Gasteiger partial charge < -0.3 is 4.90 Å². The maximum atomic E-state index is 4.21. The SMILES string of the molecule is C=C(C)CN(C)c1nnc(C(C)(C)C)s1. The van der Waals surface area contributed by atoms with Crippen LogP contribution in [0.2, 0.25) is 0 Å². The highest BCUT2D eigenvalue weighted by Crippen LogP contribution is 2.29. The average Bonchev–Trinajstić information content (AvgIpc) is 2.48. The van der Waals surface area contributed by atoms with Crippen LogP contribution >= 0.6 is 11.3 Å². The van der Waals surface area contributed by atoms with Crippen molar-refractivity contribution in [1.82, 2.24) is 10.2 Å². The molecule has 0 spiro atoms. The Balaban J connectivity index is 2.80. The Kier molecular flexibility index (Phi) is 3.50. The van der Waals surface area contributed by atoms with Crippen molar-refractivity contribution in [3.8, 4) is 0 Å². The minimum Gasteiger partial charge on any atom is -0.346 e. The predicted octanol–water partition coefficient (Wildman–Crippen LogP) is 2.85. The molecule has 84 valence electrons. The summed E-state index contributed by atoms with van der Waals surface area (Å²) in [7, 11) is 2.02. The third kappa shape index (κ3) is 3.30. The van der Waals surface area contributed by atoms with Gasteiger partial charge in [0.1, 0.15) is 5.01 Å². The molecule has 0 aromatic carbocycles. The fraction of sp³-hybridized carbons (Fsp3) is 0.636. The fourth-order valence-corrected chi connectivity index (χ4v) is 2.01. The standard InChI is InChI=1S/C11H19N3S/c1-8(2)7-14(6)10-13-12-9(15-10)11(3,4)5/h1,7H2,2-6H3. The zero-order valence-electron chi connectivity index (χ0n) is 10.2. The number of hydrogen-bond donors (Lipinski definition) is 0. The molecule has 0 saturated heterocycles. The van der Waals surface area contributed by atoms with Crippen LogP contribution in [0.25, 0.3) is 0 Å². The highest BCUT2D eigenvalue weighted by molar-refractivity contribution is 7.15. The molecule has 3 nitrogen and oxygen atoms in total. The van der Waals surface area contributed by atoms with Crippen LogP contribution < -0.4 is 4.90 Å². The second-order valence-corrected chi connectivity index (χ2v) is 5.91. The Morgan fingerprint density at radius 2 is 2.00 bits per heavy atom. The summed E-state index contributed by atoms with van der Waals surface area (Å²) < 4.78 is 0. The number of nitrogens with zero attached hydrogens (tertiary/aromatic N) is 3. The highest BCUT2D eigenvalue weighted by atomic mass is 32.1. The van der Waals surface area contributed by atoms with E-state index in [0.717, 1.165) is 22.3 Å². The Morgan fingerprint density at radius 3 is 2.40 bits per heavy atom. The van der Waals surface area contributed by atoms with Crippen molar-refractivity contribution < 1.29 is 0 Å². The van der Waals surface area contributed by atoms with E-state index < -0.39 is 0 Å². The van der Waals surface area contributed by atoms with Gasteiger partial charge in [-0.15, -0.1) is 10.2 Å². The zero-order chi connectivity index (χ0) is 11.6. The quantitative estimate of drug-likeness (QED) is 0.741. The van der Waals surface area contributed by atoms with Crippen molar-refractivity contribution in [3.05, 3.63) is 17.2 Å². The molecular weight excluding hydrogens is 206 g/mol. The van der Waals surface area contributed by atoms with Gasteiger partial charge in [-0.25, -0.2) is 0 Å².